The summed E-state index contributed by atoms with van der Waals surface area (Å²) < 4.78 is 1.71. The smallest absolute Gasteiger partial charge is 0.214 e. The van der Waals surface area contributed by atoms with Crippen molar-refractivity contribution in [1.82, 2.24) is 14.8 Å². The summed E-state index contributed by atoms with van der Waals surface area (Å²) in [6, 6.07) is 5.56. The molecule has 0 saturated carbocycles. The van der Waals surface area contributed by atoms with E-state index in [2.05, 4.69) is 15.2 Å². The van der Waals surface area contributed by atoms with Gasteiger partial charge in [-0.1, -0.05) is 25.1 Å². The first kappa shape index (κ1) is 13.5. The predicted molar refractivity (Wildman–Crippen MR) is 77.1 cm³/mol. The molecule has 0 aliphatic heterocycles. The number of aromatic nitrogens is 3. The van der Waals surface area contributed by atoms with Gasteiger partial charge in [-0.2, -0.15) is 5.10 Å². The van der Waals surface area contributed by atoms with E-state index in [1.807, 2.05) is 32.0 Å². The second kappa shape index (κ2) is 4.51. The molecule has 0 aromatic carbocycles. The minimum absolute atomic E-state index is 0.179. The normalized spacial score (nSPS) is 18.8. The lowest BCUT2D eigenvalue weighted by atomic mass is 9.74. The molecule has 3 rings (SSSR count). The van der Waals surface area contributed by atoms with Gasteiger partial charge in [-0.25, -0.2) is 9.67 Å². The monoisotopic (exact) mass is 284 g/mol. The van der Waals surface area contributed by atoms with E-state index in [4.69, 9.17) is 5.21 Å². The van der Waals surface area contributed by atoms with Gasteiger partial charge in [-0.3, -0.25) is 4.79 Å². The van der Waals surface area contributed by atoms with Crippen molar-refractivity contribution in [1.29, 1.82) is 0 Å². The number of hydrogen-bond donors (Lipinski definition) is 1. The first-order chi connectivity index (χ1) is 9.95. The highest BCUT2D eigenvalue weighted by Gasteiger charge is 2.42. The number of oxime groups is 1. The van der Waals surface area contributed by atoms with E-state index >= 15 is 0 Å². The van der Waals surface area contributed by atoms with Gasteiger partial charge in [-0.15, -0.1) is 0 Å². The molecule has 0 bridgehead atoms. The van der Waals surface area contributed by atoms with Crippen LogP contribution < -0.4 is 0 Å². The Hall–Kier alpha value is -2.50. The summed E-state index contributed by atoms with van der Waals surface area (Å²) >= 11 is 0. The van der Waals surface area contributed by atoms with Crippen molar-refractivity contribution in [2.75, 3.05) is 0 Å². The third-order valence-electron chi connectivity index (χ3n) is 3.81. The quantitative estimate of drug-likeness (QED) is 0.643. The summed E-state index contributed by atoms with van der Waals surface area (Å²) in [7, 11) is 0. The molecule has 1 N–H and O–H groups in total. The van der Waals surface area contributed by atoms with Crippen LogP contribution in [0.1, 0.15) is 35.6 Å². The molecule has 6 nitrogen and oxygen atoms in total. The van der Waals surface area contributed by atoms with Gasteiger partial charge >= 0.3 is 0 Å². The van der Waals surface area contributed by atoms with Gasteiger partial charge in [-0.05, 0) is 19.1 Å². The van der Waals surface area contributed by atoms with Crippen molar-refractivity contribution in [2.24, 2.45) is 10.6 Å². The molecule has 1 aliphatic rings. The van der Waals surface area contributed by atoms with Crippen LogP contribution in [-0.2, 0) is 6.42 Å². The Bertz CT molecular complexity index is 745. The molecule has 0 amide bonds. The molecule has 2 aromatic rings. The van der Waals surface area contributed by atoms with Crippen LogP contribution in [0, 0.1) is 12.3 Å². The van der Waals surface area contributed by atoms with Crippen molar-refractivity contribution < 1.29 is 10.0 Å². The molecule has 2 heterocycles. The van der Waals surface area contributed by atoms with Crippen molar-refractivity contribution in [3.05, 3.63) is 41.3 Å². The zero-order valence-electron chi connectivity index (χ0n) is 12.2. The van der Waals surface area contributed by atoms with Crippen molar-refractivity contribution in [3.8, 4) is 5.82 Å². The first-order valence-corrected chi connectivity index (χ1v) is 6.73. The molecule has 6 heteroatoms. The summed E-state index contributed by atoms with van der Waals surface area (Å²) in [6.07, 6.45) is 2.25. The third kappa shape index (κ3) is 1.94. The number of ketones is 1. The van der Waals surface area contributed by atoms with Gasteiger partial charge in [0, 0.05) is 18.0 Å². The van der Waals surface area contributed by atoms with Crippen LogP contribution in [0.5, 0.6) is 0 Å². The summed E-state index contributed by atoms with van der Waals surface area (Å²) in [6.45, 7) is 5.55. The van der Waals surface area contributed by atoms with Gasteiger partial charge in [0.15, 0.2) is 5.82 Å². The SMILES string of the molecule is Cc1nn(-c2ccccn2)c2c1C(=O)/C(=N\O)C(C)(C)C2. The molecule has 2 aromatic heterocycles. The van der Waals surface area contributed by atoms with Crippen LogP contribution >= 0.6 is 0 Å². The second-order valence-corrected chi connectivity index (χ2v) is 5.85. The van der Waals surface area contributed by atoms with E-state index < -0.39 is 5.41 Å². The average molecular weight is 284 g/mol. The zero-order valence-corrected chi connectivity index (χ0v) is 12.2. The number of pyridine rings is 1. The lowest BCUT2D eigenvalue weighted by molar-refractivity contribution is 0.104. The maximum atomic E-state index is 12.6. The number of Topliss-reactive ketones (excluding diaryl/α,β-unsaturated/α-hetero) is 1. The number of hydrogen-bond acceptors (Lipinski definition) is 5. The Morgan fingerprint density at radius 2 is 2.14 bits per heavy atom. The standard InChI is InChI=1S/C15H16N4O2/c1-9-12-10(8-15(2,3)14(18-21)13(12)20)19(17-9)11-6-4-5-7-16-11/h4-7,21H,8H2,1-3H3/b18-14+. The Morgan fingerprint density at radius 1 is 1.38 bits per heavy atom. The molecule has 21 heavy (non-hydrogen) atoms. The summed E-state index contributed by atoms with van der Waals surface area (Å²) in [4.78, 5) is 16.9. The van der Waals surface area contributed by atoms with Crippen LogP contribution in [0.25, 0.3) is 5.82 Å². The van der Waals surface area contributed by atoms with E-state index in [0.717, 1.165) is 5.69 Å². The fraction of sp³-hybridized carbons (Fsp3) is 0.333. The Morgan fingerprint density at radius 3 is 2.76 bits per heavy atom. The van der Waals surface area contributed by atoms with Crippen LogP contribution in [0.15, 0.2) is 29.6 Å². The molecule has 0 spiro atoms. The van der Waals surface area contributed by atoms with Crippen LogP contribution in [0.3, 0.4) is 0 Å². The average Bonchev–Trinajstić information content (AvgIpc) is 2.76. The Balaban J connectivity index is 2.24. The second-order valence-electron chi connectivity index (χ2n) is 5.85. The Kier molecular flexibility index (Phi) is 2.90. The molecule has 0 fully saturated rings. The highest BCUT2D eigenvalue weighted by Crippen LogP contribution is 2.35. The molecule has 0 unspecified atom stereocenters. The van der Waals surface area contributed by atoms with E-state index in [-0.39, 0.29) is 11.5 Å². The maximum absolute atomic E-state index is 12.6. The number of carbonyl (C=O) groups excluding carboxylic acids is 1. The van der Waals surface area contributed by atoms with Gasteiger partial charge in [0.2, 0.25) is 5.78 Å². The molecule has 0 radical (unpaired) electrons. The largest absolute Gasteiger partial charge is 0.411 e. The summed E-state index contributed by atoms with van der Waals surface area (Å²) in [5.41, 5.74) is 1.59. The number of nitrogens with zero attached hydrogens (tertiary/aromatic N) is 4. The zero-order chi connectivity index (χ0) is 15.2. The van der Waals surface area contributed by atoms with Crippen LogP contribution in [-0.4, -0.2) is 31.5 Å². The topological polar surface area (TPSA) is 80.4 Å². The van der Waals surface area contributed by atoms with E-state index in [9.17, 15) is 4.79 Å². The van der Waals surface area contributed by atoms with E-state index in [1.54, 1.807) is 17.8 Å². The third-order valence-corrected chi connectivity index (χ3v) is 3.81. The molecule has 0 atom stereocenters. The minimum Gasteiger partial charge on any atom is -0.411 e. The molecule has 108 valence electrons. The van der Waals surface area contributed by atoms with E-state index in [0.29, 0.717) is 23.5 Å². The van der Waals surface area contributed by atoms with Crippen LogP contribution in [0.4, 0.5) is 0 Å². The van der Waals surface area contributed by atoms with Crippen molar-refractivity contribution in [3.63, 3.8) is 0 Å². The van der Waals surface area contributed by atoms with Crippen molar-refractivity contribution in [2.45, 2.75) is 27.2 Å². The minimum atomic E-state index is -0.544. The van der Waals surface area contributed by atoms with Crippen molar-refractivity contribution >= 4 is 11.5 Å². The molecule has 1 aliphatic carbocycles. The van der Waals surface area contributed by atoms with Crippen LogP contribution in [0.2, 0.25) is 0 Å². The first-order valence-electron chi connectivity index (χ1n) is 6.73. The van der Waals surface area contributed by atoms with Gasteiger partial charge in [0.25, 0.3) is 0 Å². The molecular formula is C15H16N4O2. The lowest BCUT2D eigenvalue weighted by Gasteiger charge is -2.29. The number of fused-ring (bicyclic) bond motifs is 1. The number of rotatable bonds is 1. The predicted octanol–water partition coefficient (Wildman–Crippen LogP) is 2.17. The van der Waals surface area contributed by atoms with E-state index in [1.165, 1.54) is 0 Å². The van der Waals surface area contributed by atoms with Gasteiger partial charge in [0.05, 0.1) is 17.0 Å². The highest BCUT2D eigenvalue weighted by atomic mass is 16.4. The molecular weight excluding hydrogens is 268 g/mol. The summed E-state index contributed by atoms with van der Waals surface area (Å²) in [5.74, 6) is 0.415. The fourth-order valence-corrected chi connectivity index (χ4v) is 2.81. The molecule has 0 saturated heterocycles. The number of aryl methyl sites for hydroxylation is 1. The lowest BCUT2D eigenvalue weighted by Crippen LogP contribution is -2.39. The van der Waals surface area contributed by atoms with Gasteiger partial charge < -0.3 is 5.21 Å². The maximum Gasteiger partial charge on any atom is 0.214 e. The van der Waals surface area contributed by atoms with Gasteiger partial charge in [0.1, 0.15) is 5.71 Å². The fourth-order valence-electron chi connectivity index (χ4n) is 2.81. The summed E-state index contributed by atoms with van der Waals surface area (Å²) in [5, 5.41) is 16.8. The number of carbonyl (C=O) groups is 1. The highest BCUT2D eigenvalue weighted by molar-refractivity contribution is 6.48. The Labute approximate surface area is 122 Å².